The molecule has 0 aromatic rings. The van der Waals surface area contributed by atoms with E-state index in [1.807, 2.05) is 7.05 Å². The second-order valence-corrected chi connectivity index (χ2v) is 7.11. The van der Waals surface area contributed by atoms with Crippen molar-refractivity contribution < 1.29 is 14.2 Å². The van der Waals surface area contributed by atoms with Gasteiger partial charge < -0.3 is 24.4 Å². The van der Waals surface area contributed by atoms with Gasteiger partial charge in [0, 0.05) is 57.8 Å². The average Bonchev–Trinajstić information content (AvgIpc) is 3.31. The number of likely N-dealkylation sites (tertiary alicyclic amines) is 1. The highest BCUT2D eigenvalue weighted by Crippen LogP contribution is 2.38. The van der Waals surface area contributed by atoms with Gasteiger partial charge in [-0.15, -0.1) is 0 Å². The van der Waals surface area contributed by atoms with Crippen molar-refractivity contribution in [2.45, 2.75) is 25.7 Å². The normalized spacial score (nSPS) is 31.4. The third-order valence-corrected chi connectivity index (χ3v) is 5.26. The fraction of sp³-hybridized carbons (Fsp3) is 0.941. The number of aliphatic imine (C=N–C) groups is 1. The number of rotatable bonds is 6. The lowest BCUT2D eigenvalue weighted by Gasteiger charge is -2.25. The Morgan fingerprint density at radius 1 is 1.35 bits per heavy atom. The van der Waals surface area contributed by atoms with Gasteiger partial charge in [-0.2, -0.15) is 0 Å². The Morgan fingerprint density at radius 3 is 3.04 bits per heavy atom. The first-order chi connectivity index (χ1) is 11.3. The maximum Gasteiger partial charge on any atom is 0.193 e. The first-order valence-corrected chi connectivity index (χ1v) is 9.00. The summed E-state index contributed by atoms with van der Waals surface area (Å²) in [5.41, 5.74) is 0.379. The Labute approximate surface area is 139 Å². The molecular formula is C17H31N3O3. The topological polar surface area (TPSA) is 55.3 Å². The van der Waals surface area contributed by atoms with Crippen LogP contribution < -0.4 is 5.32 Å². The van der Waals surface area contributed by atoms with Crippen LogP contribution in [0.5, 0.6) is 0 Å². The van der Waals surface area contributed by atoms with E-state index in [1.165, 1.54) is 12.8 Å². The number of hydrogen-bond acceptors (Lipinski definition) is 4. The van der Waals surface area contributed by atoms with Crippen LogP contribution in [0.1, 0.15) is 25.7 Å². The fourth-order valence-corrected chi connectivity index (χ4v) is 3.76. The minimum atomic E-state index is 0.379. The van der Waals surface area contributed by atoms with Crippen molar-refractivity contribution in [3.63, 3.8) is 0 Å². The van der Waals surface area contributed by atoms with E-state index in [2.05, 4.69) is 15.2 Å². The number of hydrogen-bond donors (Lipinski definition) is 1. The molecule has 0 bridgehead atoms. The molecule has 1 N–H and O–H groups in total. The number of ether oxygens (including phenoxy) is 3. The number of nitrogens with one attached hydrogen (secondary N) is 1. The lowest BCUT2D eigenvalue weighted by atomic mass is 9.87. The van der Waals surface area contributed by atoms with Gasteiger partial charge in [-0.25, -0.2) is 0 Å². The van der Waals surface area contributed by atoms with E-state index >= 15 is 0 Å². The molecule has 2 unspecified atom stereocenters. The standard InChI is InChI=1S/C17H31N3O3/c1-18-16(20-7-4-17(13-20)5-10-23-14-17)19-6-2-8-21-11-15-3-9-22-12-15/h15H,2-14H2,1H3,(H,18,19). The second-order valence-electron chi connectivity index (χ2n) is 7.11. The van der Waals surface area contributed by atoms with E-state index in [9.17, 15) is 0 Å². The van der Waals surface area contributed by atoms with Gasteiger partial charge in [0.15, 0.2) is 5.96 Å². The van der Waals surface area contributed by atoms with Crippen LogP contribution in [0.15, 0.2) is 4.99 Å². The molecule has 0 radical (unpaired) electrons. The lowest BCUT2D eigenvalue weighted by molar-refractivity contribution is 0.0887. The highest BCUT2D eigenvalue weighted by Gasteiger charge is 2.42. The smallest absolute Gasteiger partial charge is 0.193 e. The molecule has 6 nitrogen and oxygen atoms in total. The molecule has 0 amide bonds. The molecule has 3 heterocycles. The molecule has 0 aromatic carbocycles. The van der Waals surface area contributed by atoms with Gasteiger partial charge in [-0.1, -0.05) is 0 Å². The van der Waals surface area contributed by atoms with Gasteiger partial charge in [0.05, 0.1) is 19.8 Å². The highest BCUT2D eigenvalue weighted by molar-refractivity contribution is 5.80. The van der Waals surface area contributed by atoms with Crippen LogP contribution in [-0.4, -0.2) is 77.2 Å². The Balaban J connectivity index is 1.29. The van der Waals surface area contributed by atoms with Crippen LogP contribution >= 0.6 is 0 Å². The first-order valence-electron chi connectivity index (χ1n) is 9.00. The zero-order chi connectivity index (χ0) is 16.0. The summed E-state index contributed by atoms with van der Waals surface area (Å²) in [4.78, 5) is 6.82. The summed E-state index contributed by atoms with van der Waals surface area (Å²) in [7, 11) is 1.87. The summed E-state index contributed by atoms with van der Waals surface area (Å²) in [6, 6.07) is 0. The van der Waals surface area contributed by atoms with E-state index < -0.39 is 0 Å². The minimum Gasteiger partial charge on any atom is -0.381 e. The van der Waals surface area contributed by atoms with Gasteiger partial charge in [-0.05, 0) is 25.7 Å². The van der Waals surface area contributed by atoms with E-state index in [4.69, 9.17) is 14.2 Å². The van der Waals surface area contributed by atoms with E-state index in [0.717, 1.165) is 78.1 Å². The molecule has 6 heteroatoms. The van der Waals surface area contributed by atoms with Crippen LogP contribution in [0.3, 0.4) is 0 Å². The molecule has 3 aliphatic rings. The second kappa shape index (κ2) is 8.31. The van der Waals surface area contributed by atoms with Gasteiger partial charge in [0.2, 0.25) is 0 Å². The van der Waals surface area contributed by atoms with Crippen LogP contribution in [-0.2, 0) is 14.2 Å². The Bertz CT molecular complexity index is 391. The first kappa shape index (κ1) is 17.0. The molecule has 0 aliphatic carbocycles. The summed E-state index contributed by atoms with van der Waals surface area (Å²) in [6.07, 6.45) is 4.57. The molecule has 1 spiro atoms. The number of nitrogens with zero attached hydrogens (tertiary/aromatic N) is 2. The average molecular weight is 325 g/mol. The molecule has 3 saturated heterocycles. The van der Waals surface area contributed by atoms with E-state index in [1.54, 1.807) is 0 Å². The molecular weight excluding hydrogens is 294 g/mol. The molecule has 23 heavy (non-hydrogen) atoms. The zero-order valence-electron chi connectivity index (χ0n) is 14.4. The van der Waals surface area contributed by atoms with Crippen LogP contribution in [0.25, 0.3) is 0 Å². The van der Waals surface area contributed by atoms with Gasteiger partial charge in [-0.3, -0.25) is 4.99 Å². The third-order valence-electron chi connectivity index (χ3n) is 5.26. The predicted molar refractivity (Wildman–Crippen MR) is 89.8 cm³/mol. The van der Waals surface area contributed by atoms with Gasteiger partial charge in [0.1, 0.15) is 0 Å². The molecule has 3 rings (SSSR count). The molecule has 0 aromatic heterocycles. The molecule has 132 valence electrons. The van der Waals surface area contributed by atoms with Gasteiger partial charge >= 0.3 is 0 Å². The fourth-order valence-electron chi connectivity index (χ4n) is 3.76. The van der Waals surface area contributed by atoms with Crippen LogP contribution in [0, 0.1) is 11.3 Å². The van der Waals surface area contributed by atoms with Crippen molar-refractivity contribution >= 4 is 5.96 Å². The lowest BCUT2D eigenvalue weighted by Crippen LogP contribution is -2.42. The maximum absolute atomic E-state index is 5.74. The Hall–Kier alpha value is -0.850. The zero-order valence-corrected chi connectivity index (χ0v) is 14.4. The Morgan fingerprint density at radius 2 is 2.30 bits per heavy atom. The largest absolute Gasteiger partial charge is 0.381 e. The summed E-state index contributed by atoms with van der Waals surface area (Å²) in [6.45, 7) is 8.31. The molecule has 3 aliphatic heterocycles. The summed E-state index contributed by atoms with van der Waals surface area (Å²) < 4.78 is 16.7. The summed E-state index contributed by atoms with van der Waals surface area (Å²) in [5.74, 6) is 1.63. The van der Waals surface area contributed by atoms with Crippen molar-refractivity contribution in [2.24, 2.45) is 16.3 Å². The number of guanidine groups is 1. The molecule has 2 atom stereocenters. The summed E-state index contributed by atoms with van der Waals surface area (Å²) >= 11 is 0. The molecule has 3 fully saturated rings. The SMILES string of the molecule is CN=C(NCCCOCC1CCOC1)N1CCC2(CCOC2)C1. The Kier molecular flexibility index (Phi) is 6.14. The van der Waals surface area contributed by atoms with Crippen LogP contribution in [0.4, 0.5) is 0 Å². The van der Waals surface area contributed by atoms with Crippen LogP contribution in [0.2, 0.25) is 0 Å². The quantitative estimate of drug-likeness (QED) is 0.450. The monoisotopic (exact) mass is 325 g/mol. The van der Waals surface area contributed by atoms with Crippen molar-refractivity contribution in [1.29, 1.82) is 0 Å². The van der Waals surface area contributed by atoms with E-state index in [-0.39, 0.29) is 0 Å². The van der Waals surface area contributed by atoms with Crippen molar-refractivity contribution in [3.05, 3.63) is 0 Å². The maximum atomic E-state index is 5.74. The highest BCUT2D eigenvalue weighted by atomic mass is 16.5. The van der Waals surface area contributed by atoms with E-state index in [0.29, 0.717) is 11.3 Å². The molecule has 0 saturated carbocycles. The van der Waals surface area contributed by atoms with Crippen molar-refractivity contribution in [1.82, 2.24) is 10.2 Å². The third kappa shape index (κ3) is 4.58. The summed E-state index contributed by atoms with van der Waals surface area (Å²) in [5, 5.41) is 3.48. The predicted octanol–water partition coefficient (Wildman–Crippen LogP) is 1.12. The van der Waals surface area contributed by atoms with Gasteiger partial charge in [0.25, 0.3) is 0 Å². The van der Waals surface area contributed by atoms with Crippen molar-refractivity contribution in [3.8, 4) is 0 Å². The minimum absolute atomic E-state index is 0.379. The van der Waals surface area contributed by atoms with Crippen molar-refractivity contribution in [2.75, 3.05) is 66.3 Å².